The van der Waals surface area contributed by atoms with Crippen LogP contribution >= 0.6 is 0 Å². The molecule has 0 atom stereocenters. The molecule has 0 bridgehead atoms. The Bertz CT molecular complexity index is 347. The molecule has 0 N–H and O–H groups in total. The maximum atomic E-state index is 13.3. The van der Waals surface area contributed by atoms with Crippen LogP contribution in [0.2, 0.25) is 0 Å². The number of benzene rings is 1. The van der Waals surface area contributed by atoms with Gasteiger partial charge in [0.25, 0.3) is 0 Å². The quantitative estimate of drug-likeness (QED) is 0.401. The minimum Gasteiger partial charge on any atom is -0.494 e. The van der Waals surface area contributed by atoms with Gasteiger partial charge in [-0.25, -0.2) is 4.39 Å². The minimum atomic E-state index is -0.475. The first kappa shape index (κ1) is 9.35. The first-order chi connectivity index (χ1) is 6.29. The normalized spacial score (nSPS) is 9.08. The lowest BCUT2D eigenvalue weighted by Crippen LogP contribution is -1.92. The Morgan fingerprint density at radius 2 is 2.38 bits per heavy atom. The highest BCUT2D eigenvalue weighted by molar-refractivity contribution is 5.30. The molecule has 5 heteroatoms. The van der Waals surface area contributed by atoms with Gasteiger partial charge in [-0.1, -0.05) is 17.2 Å². The Labute approximate surface area is 74.6 Å². The van der Waals surface area contributed by atoms with Crippen molar-refractivity contribution in [3.8, 4) is 5.75 Å². The second-order valence-electron chi connectivity index (χ2n) is 2.32. The Hall–Kier alpha value is -1.74. The monoisotopic (exact) mass is 181 g/mol. The molecular weight excluding hydrogens is 173 g/mol. The zero-order valence-electron chi connectivity index (χ0n) is 7.07. The molecule has 0 aromatic heterocycles. The third kappa shape index (κ3) is 2.10. The van der Waals surface area contributed by atoms with Gasteiger partial charge in [0.2, 0.25) is 0 Å². The highest BCUT2D eigenvalue weighted by Crippen LogP contribution is 2.20. The second-order valence-corrected chi connectivity index (χ2v) is 2.32. The van der Waals surface area contributed by atoms with E-state index >= 15 is 0 Å². The number of hydrogen-bond acceptors (Lipinski definition) is 2. The van der Waals surface area contributed by atoms with Gasteiger partial charge in [-0.15, -0.1) is 0 Å². The van der Waals surface area contributed by atoms with Crippen LogP contribution < -0.4 is 4.74 Å². The van der Waals surface area contributed by atoms with E-state index in [9.17, 15) is 4.39 Å². The van der Waals surface area contributed by atoms with Gasteiger partial charge < -0.3 is 4.74 Å². The summed E-state index contributed by atoms with van der Waals surface area (Å²) in [6.45, 7) is -0.000463. The molecule has 0 radical (unpaired) electrons. The largest absolute Gasteiger partial charge is 0.494 e. The van der Waals surface area contributed by atoms with Crippen molar-refractivity contribution in [3.05, 3.63) is 40.0 Å². The summed E-state index contributed by atoms with van der Waals surface area (Å²) < 4.78 is 18.0. The Balaban J connectivity index is 3.00. The van der Waals surface area contributed by atoms with Gasteiger partial charge in [0.1, 0.15) is 0 Å². The first-order valence-corrected chi connectivity index (χ1v) is 3.62. The molecule has 4 nitrogen and oxygen atoms in total. The number of methoxy groups -OCH3 is 1. The minimum absolute atomic E-state index is 0.000463. The van der Waals surface area contributed by atoms with Crippen LogP contribution in [0.5, 0.6) is 5.75 Å². The van der Waals surface area contributed by atoms with Crippen molar-refractivity contribution in [3.63, 3.8) is 0 Å². The van der Waals surface area contributed by atoms with Crippen LogP contribution in [0.1, 0.15) is 5.56 Å². The van der Waals surface area contributed by atoms with Crippen molar-refractivity contribution < 1.29 is 9.13 Å². The van der Waals surface area contributed by atoms with E-state index in [2.05, 4.69) is 10.0 Å². The summed E-state index contributed by atoms with van der Waals surface area (Å²) in [5.41, 5.74) is 8.38. The summed E-state index contributed by atoms with van der Waals surface area (Å²) in [7, 11) is 1.38. The molecule has 0 spiro atoms. The van der Waals surface area contributed by atoms with Crippen molar-refractivity contribution in [2.75, 3.05) is 7.11 Å². The van der Waals surface area contributed by atoms with Crippen molar-refractivity contribution in [2.45, 2.75) is 6.54 Å². The average Bonchev–Trinajstić information content (AvgIpc) is 2.16. The molecule has 0 aliphatic carbocycles. The molecule has 0 saturated carbocycles. The highest BCUT2D eigenvalue weighted by atomic mass is 19.1. The molecule has 0 fully saturated rings. The maximum Gasteiger partial charge on any atom is 0.168 e. The zero-order chi connectivity index (χ0) is 9.68. The molecule has 1 aromatic carbocycles. The zero-order valence-corrected chi connectivity index (χ0v) is 7.07. The molecule has 1 aromatic rings. The molecule has 0 aliphatic heterocycles. The fraction of sp³-hybridized carbons (Fsp3) is 0.250. The topological polar surface area (TPSA) is 58.0 Å². The summed E-state index contributed by atoms with van der Waals surface area (Å²) in [5, 5.41) is 3.26. The van der Waals surface area contributed by atoms with E-state index in [-0.39, 0.29) is 12.3 Å². The third-order valence-electron chi connectivity index (χ3n) is 1.57. The molecule has 0 saturated heterocycles. The van der Waals surface area contributed by atoms with Crippen molar-refractivity contribution in [1.29, 1.82) is 0 Å². The summed E-state index contributed by atoms with van der Waals surface area (Å²) in [6, 6.07) is 4.70. The summed E-state index contributed by atoms with van der Waals surface area (Å²) in [4.78, 5) is 2.55. The van der Waals surface area contributed by atoms with Crippen LogP contribution in [0.15, 0.2) is 23.3 Å². The SMILES string of the molecule is COc1cccc(CN=[N+]=[N-])c1F. The van der Waals surface area contributed by atoms with Gasteiger partial charge in [-0.3, -0.25) is 0 Å². The lowest BCUT2D eigenvalue weighted by atomic mass is 10.2. The molecule has 0 aliphatic rings. The predicted molar refractivity (Wildman–Crippen MR) is 45.8 cm³/mol. The van der Waals surface area contributed by atoms with E-state index in [0.717, 1.165) is 0 Å². The lowest BCUT2D eigenvalue weighted by Gasteiger charge is -2.03. The number of azide groups is 1. The summed E-state index contributed by atoms with van der Waals surface area (Å²) in [6.07, 6.45) is 0. The molecule has 0 amide bonds. The standard InChI is InChI=1S/C8H8FN3O/c1-13-7-4-2-3-6(8(7)9)5-11-12-10/h2-4H,5H2,1H3. The fourth-order valence-corrected chi connectivity index (χ4v) is 0.944. The van der Waals surface area contributed by atoms with Gasteiger partial charge in [-0.2, -0.15) is 0 Å². The van der Waals surface area contributed by atoms with Crippen LogP contribution in [-0.2, 0) is 6.54 Å². The Kier molecular flexibility index (Phi) is 3.11. The fourth-order valence-electron chi connectivity index (χ4n) is 0.944. The van der Waals surface area contributed by atoms with Crippen LogP contribution in [-0.4, -0.2) is 7.11 Å². The van der Waals surface area contributed by atoms with Gasteiger partial charge in [0.05, 0.1) is 13.7 Å². The van der Waals surface area contributed by atoms with E-state index in [1.165, 1.54) is 13.2 Å². The molecule has 1 rings (SSSR count). The average molecular weight is 181 g/mol. The lowest BCUT2D eigenvalue weighted by molar-refractivity contribution is 0.384. The highest BCUT2D eigenvalue weighted by Gasteiger charge is 2.06. The van der Waals surface area contributed by atoms with Crippen molar-refractivity contribution in [2.24, 2.45) is 5.11 Å². The molecule has 68 valence electrons. The van der Waals surface area contributed by atoms with Crippen molar-refractivity contribution >= 4 is 0 Å². The van der Waals surface area contributed by atoms with Crippen molar-refractivity contribution in [1.82, 2.24) is 0 Å². The van der Waals surface area contributed by atoms with E-state index in [0.29, 0.717) is 5.56 Å². The second kappa shape index (κ2) is 4.33. The summed E-state index contributed by atoms with van der Waals surface area (Å²) >= 11 is 0. The van der Waals surface area contributed by atoms with Crippen LogP contribution in [0.4, 0.5) is 4.39 Å². The Morgan fingerprint density at radius 1 is 1.62 bits per heavy atom. The van der Waals surface area contributed by atoms with Crippen LogP contribution in [0, 0.1) is 5.82 Å². The molecule has 0 heterocycles. The smallest absolute Gasteiger partial charge is 0.168 e. The van der Waals surface area contributed by atoms with Gasteiger partial charge in [-0.05, 0) is 17.2 Å². The van der Waals surface area contributed by atoms with E-state index in [1.807, 2.05) is 0 Å². The first-order valence-electron chi connectivity index (χ1n) is 3.62. The third-order valence-corrected chi connectivity index (χ3v) is 1.57. The number of nitrogens with zero attached hydrogens (tertiary/aromatic N) is 3. The van der Waals surface area contributed by atoms with Gasteiger partial charge >= 0.3 is 0 Å². The van der Waals surface area contributed by atoms with E-state index in [1.54, 1.807) is 12.1 Å². The number of ether oxygens (including phenoxy) is 1. The van der Waals surface area contributed by atoms with Gasteiger partial charge in [0, 0.05) is 4.91 Å². The number of rotatable bonds is 3. The Morgan fingerprint density at radius 3 is 3.00 bits per heavy atom. The van der Waals surface area contributed by atoms with E-state index < -0.39 is 5.82 Å². The van der Waals surface area contributed by atoms with Gasteiger partial charge in [0.15, 0.2) is 11.6 Å². The number of halogens is 1. The van der Waals surface area contributed by atoms with Crippen LogP contribution in [0.25, 0.3) is 10.4 Å². The molecular formula is C8H8FN3O. The molecule has 0 unspecified atom stereocenters. The van der Waals surface area contributed by atoms with E-state index in [4.69, 9.17) is 10.3 Å². The van der Waals surface area contributed by atoms with Crippen LogP contribution in [0.3, 0.4) is 0 Å². The maximum absolute atomic E-state index is 13.3. The summed E-state index contributed by atoms with van der Waals surface area (Å²) in [5.74, 6) is -0.317. The molecule has 13 heavy (non-hydrogen) atoms. The predicted octanol–water partition coefficient (Wildman–Crippen LogP) is 2.64. The number of hydrogen-bond donors (Lipinski definition) is 0.